The monoisotopic (exact) mass is 287 g/mol. The van der Waals surface area contributed by atoms with E-state index in [-0.39, 0.29) is 0 Å². The van der Waals surface area contributed by atoms with Crippen LogP contribution in [0.1, 0.15) is 37.8 Å². The van der Waals surface area contributed by atoms with Gasteiger partial charge in [-0.1, -0.05) is 37.3 Å². The van der Waals surface area contributed by atoms with E-state index in [1.54, 1.807) is 0 Å². The molecule has 1 saturated carbocycles. The Morgan fingerprint density at radius 1 is 1.10 bits per heavy atom. The highest BCUT2D eigenvalue weighted by Crippen LogP contribution is 2.24. The van der Waals surface area contributed by atoms with Crippen molar-refractivity contribution >= 4 is 0 Å². The molecule has 2 fully saturated rings. The Kier molecular flexibility index (Phi) is 5.28. The van der Waals surface area contributed by atoms with Crippen molar-refractivity contribution in [2.45, 2.75) is 38.3 Å². The molecule has 1 aliphatic carbocycles. The van der Waals surface area contributed by atoms with Gasteiger partial charge in [0.1, 0.15) is 0 Å². The first-order valence-corrected chi connectivity index (χ1v) is 8.61. The normalized spacial score (nSPS) is 22.3. The first kappa shape index (κ1) is 15.0. The van der Waals surface area contributed by atoms with Gasteiger partial charge in [-0.3, -0.25) is 4.90 Å². The van der Waals surface area contributed by atoms with Gasteiger partial charge in [-0.2, -0.15) is 0 Å². The van der Waals surface area contributed by atoms with Gasteiger partial charge in [0.25, 0.3) is 0 Å². The van der Waals surface area contributed by atoms with E-state index in [0.717, 1.165) is 12.6 Å². The lowest BCUT2D eigenvalue weighted by atomic mass is 10.0. The number of hydrogen-bond acceptors (Lipinski definition) is 3. The maximum Gasteiger partial charge on any atom is 0.0473 e. The number of rotatable bonds is 7. The minimum Gasteiger partial charge on any atom is -0.312 e. The van der Waals surface area contributed by atoms with Gasteiger partial charge in [-0.15, -0.1) is 0 Å². The summed E-state index contributed by atoms with van der Waals surface area (Å²) < 4.78 is 0. The van der Waals surface area contributed by atoms with Crippen LogP contribution in [0.15, 0.2) is 30.3 Å². The van der Waals surface area contributed by atoms with Gasteiger partial charge < -0.3 is 10.2 Å². The highest BCUT2D eigenvalue weighted by molar-refractivity contribution is 5.20. The van der Waals surface area contributed by atoms with Crippen LogP contribution in [0.3, 0.4) is 0 Å². The average Bonchev–Trinajstić information content (AvgIpc) is 3.35. The van der Waals surface area contributed by atoms with Crippen LogP contribution in [-0.4, -0.2) is 55.1 Å². The average molecular weight is 287 g/mol. The molecule has 0 amide bonds. The highest BCUT2D eigenvalue weighted by Gasteiger charge is 2.27. The number of piperazine rings is 1. The second-order valence-electron chi connectivity index (χ2n) is 6.49. The third-order valence-electron chi connectivity index (χ3n) is 4.75. The Hall–Kier alpha value is -0.900. The molecule has 3 nitrogen and oxygen atoms in total. The fourth-order valence-electron chi connectivity index (χ4n) is 3.31. The van der Waals surface area contributed by atoms with Crippen LogP contribution in [0, 0.1) is 0 Å². The van der Waals surface area contributed by atoms with Crippen LogP contribution < -0.4 is 5.32 Å². The minimum absolute atomic E-state index is 0.538. The van der Waals surface area contributed by atoms with Crippen molar-refractivity contribution in [2.24, 2.45) is 0 Å². The summed E-state index contributed by atoms with van der Waals surface area (Å²) in [5.41, 5.74) is 1.47. The summed E-state index contributed by atoms with van der Waals surface area (Å²) in [7, 11) is 0. The van der Waals surface area contributed by atoms with Crippen LogP contribution in [0.2, 0.25) is 0 Å². The number of hydrogen-bond donors (Lipinski definition) is 1. The van der Waals surface area contributed by atoms with E-state index >= 15 is 0 Å². The maximum absolute atomic E-state index is 3.73. The summed E-state index contributed by atoms with van der Waals surface area (Å²) in [5.74, 6) is 0. The fraction of sp³-hybridized carbons (Fsp3) is 0.667. The Bertz CT molecular complexity index is 408. The molecule has 1 saturated heterocycles. The molecule has 116 valence electrons. The van der Waals surface area contributed by atoms with Gasteiger partial charge in [0.2, 0.25) is 0 Å². The first-order valence-electron chi connectivity index (χ1n) is 8.61. The van der Waals surface area contributed by atoms with Crippen molar-refractivity contribution in [1.82, 2.24) is 15.1 Å². The van der Waals surface area contributed by atoms with Gasteiger partial charge in [-0.05, 0) is 31.4 Å². The molecule has 1 N–H and O–H groups in total. The SMILES string of the molecule is CCCN1CCN(C(CNC2CC2)c2ccccc2)CC1. The molecule has 3 rings (SSSR count). The standard InChI is InChI=1S/C18H29N3/c1-2-10-20-11-13-21(14-12-20)18(15-19-17-8-9-17)16-6-4-3-5-7-16/h3-7,17-19H,2,8-15H2,1H3. The van der Waals surface area contributed by atoms with Crippen LogP contribution in [0.25, 0.3) is 0 Å². The number of nitrogens with one attached hydrogen (secondary N) is 1. The largest absolute Gasteiger partial charge is 0.312 e. The van der Waals surface area contributed by atoms with Crippen LogP contribution in [-0.2, 0) is 0 Å². The zero-order valence-electron chi connectivity index (χ0n) is 13.3. The summed E-state index contributed by atoms with van der Waals surface area (Å²) in [6.07, 6.45) is 4.00. The number of nitrogens with zero attached hydrogens (tertiary/aromatic N) is 2. The van der Waals surface area contributed by atoms with Crippen molar-refractivity contribution in [3.63, 3.8) is 0 Å². The van der Waals surface area contributed by atoms with Gasteiger partial charge in [0.05, 0.1) is 0 Å². The molecule has 1 aromatic carbocycles. The van der Waals surface area contributed by atoms with Crippen molar-refractivity contribution < 1.29 is 0 Å². The Balaban J connectivity index is 1.61. The third-order valence-corrected chi connectivity index (χ3v) is 4.75. The lowest BCUT2D eigenvalue weighted by molar-refractivity contribution is 0.0948. The van der Waals surface area contributed by atoms with E-state index in [4.69, 9.17) is 0 Å². The van der Waals surface area contributed by atoms with E-state index in [2.05, 4.69) is 52.4 Å². The smallest absolute Gasteiger partial charge is 0.0473 e. The molecule has 0 bridgehead atoms. The molecule has 2 aliphatic rings. The molecule has 0 spiro atoms. The van der Waals surface area contributed by atoms with E-state index in [1.165, 1.54) is 57.5 Å². The molecule has 1 atom stereocenters. The quantitative estimate of drug-likeness (QED) is 0.831. The predicted molar refractivity (Wildman–Crippen MR) is 88.5 cm³/mol. The molecule has 1 heterocycles. The molecular weight excluding hydrogens is 258 g/mol. The summed E-state index contributed by atoms with van der Waals surface area (Å²) in [5, 5.41) is 3.73. The Morgan fingerprint density at radius 3 is 2.43 bits per heavy atom. The summed E-state index contributed by atoms with van der Waals surface area (Å²) in [4.78, 5) is 5.28. The summed E-state index contributed by atoms with van der Waals surface area (Å²) in [6, 6.07) is 12.4. The van der Waals surface area contributed by atoms with Crippen molar-refractivity contribution in [3.05, 3.63) is 35.9 Å². The van der Waals surface area contributed by atoms with E-state index in [0.29, 0.717) is 6.04 Å². The second kappa shape index (κ2) is 7.39. The number of benzene rings is 1. The van der Waals surface area contributed by atoms with E-state index < -0.39 is 0 Å². The van der Waals surface area contributed by atoms with Crippen LogP contribution in [0.5, 0.6) is 0 Å². The predicted octanol–water partition coefficient (Wildman–Crippen LogP) is 2.51. The molecule has 1 aliphatic heterocycles. The summed E-state index contributed by atoms with van der Waals surface area (Å²) in [6.45, 7) is 9.48. The third kappa shape index (κ3) is 4.29. The first-order chi connectivity index (χ1) is 10.4. The molecule has 1 aromatic rings. The Morgan fingerprint density at radius 2 is 1.81 bits per heavy atom. The van der Waals surface area contributed by atoms with Gasteiger partial charge >= 0.3 is 0 Å². The molecule has 0 radical (unpaired) electrons. The zero-order valence-corrected chi connectivity index (χ0v) is 13.3. The van der Waals surface area contributed by atoms with E-state index in [9.17, 15) is 0 Å². The minimum atomic E-state index is 0.538. The zero-order chi connectivity index (χ0) is 14.5. The second-order valence-corrected chi connectivity index (χ2v) is 6.49. The van der Waals surface area contributed by atoms with Crippen molar-refractivity contribution in [3.8, 4) is 0 Å². The van der Waals surface area contributed by atoms with Gasteiger partial charge in [-0.25, -0.2) is 0 Å². The molecule has 0 aromatic heterocycles. The highest BCUT2D eigenvalue weighted by atomic mass is 15.3. The fourth-order valence-corrected chi connectivity index (χ4v) is 3.31. The topological polar surface area (TPSA) is 18.5 Å². The Labute approximate surface area is 129 Å². The van der Waals surface area contributed by atoms with Crippen LogP contribution in [0.4, 0.5) is 0 Å². The molecule has 1 unspecified atom stereocenters. The molecular formula is C18H29N3. The summed E-state index contributed by atoms with van der Waals surface area (Å²) >= 11 is 0. The lowest BCUT2D eigenvalue weighted by Gasteiger charge is -2.39. The van der Waals surface area contributed by atoms with Gasteiger partial charge in [0, 0.05) is 44.8 Å². The molecule has 3 heteroatoms. The van der Waals surface area contributed by atoms with Crippen LogP contribution >= 0.6 is 0 Å². The van der Waals surface area contributed by atoms with Gasteiger partial charge in [0.15, 0.2) is 0 Å². The van der Waals surface area contributed by atoms with E-state index in [1.807, 2.05) is 0 Å². The van der Waals surface area contributed by atoms with Crippen molar-refractivity contribution in [2.75, 3.05) is 39.3 Å². The lowest BCUT2D eigenvalue weighted by Crippen LogP contribution is -2.49. The van der Waals surface area contributed by atoms with Crippen molar-refractivity contribution in [1.29, 1.82) is 0 Å². The molecule has 21 heavy (non-hydrogen) atoms. The maximum atomic E-state index is 3.73.